The second-order valence-corrected chi connectivity index (χ2v) is 8.09. The number of benzene rings is 1. The van der Waals surface area contributed by atoms with E-state index in [0.29, 0.717) is 18.4 Å². The predicted octanol–water partition coefficient (Wildman–Crippen LogP) is 2.53. The quantitative estimate of drug-likeness (QED) is 0.374. The maximum Gasteiger partial charge on any atom is 0.236 e. The normalized spacial score (nSPS) is 19.1. The summed E-state index contributed by atoms with van der Waals surface area (Å²) in [7, 11) is 1.85. The van der Waals surface area contributed by atoms with Gasteiger partial charge in [0.1, 0.15) is 0 Å². The molecular formula is C22H36IN5O. The molecule has 1 aromatic rings. The van der Waals surface area contributed by atoms with Gasteiger partial charge < -0.3 is 15.1 Å². The molecule has 0 spiro atoms. The first-order valence-corrected chi connectivity index (χ1v) is 10.6. The fraction of sp³-hybridized carbons (Fsp3) is 0.636. The number of amides is 1. The topological polar surface area (TPSA) is 51.2 Å². The van der Waals surface area contributed by atoms with Crippen molar-refractivity contribution in [2.24, 2.45) is 4.99 Å². The Morgan fingerprint density at radius 2 is 1.66 bits per heavy atom. The van der Waals surface area contributed by atoms with E-state index in [1.165, 1.54) is 11.1 Å². The number of aryl methyl sites for hydroxylation is 1. The van der Waals surface area contributed by atoms with E-state index in [0.717, 1.165) is 64.6 Å². The Bertz CT molecular complexity index is 664. The zero-order valence-electron chi connectivity index (χ0n) is 18.1. The lowest BCUT2D eigenvalue weighted by Crippen LogP contribution is -2.54. The van der Waals surface area contributed by atoms with E-state index >= 15 is 0 Å². The standard InChI is InChI=1S/C22H35N5O.HI/c1-18-6-8-20(9-7-18)19(2)16-24-22(23-3)27-14-12-25(13-15-27)17-21(28)26-10-4-5-11-26;/h6-9,19H,4-5,10-17H2,1-3H3,(H,23,24);1H. The molecule has 29 heavy (non-hydrogen) atoms. The van der Waals surface area contributed by atoms with Gasteiger partial charge in [-0.2, -0.15) is 0 Å². The first kappa shape index (κ1) is 23.9. The summed E-state index contributed by atoms with van der Waals surface area (Å²) in [6.45, 7) is 11.3. The van der Waals surface area contributed by atoms with Crippen LogP contribution in [0.25, 0.3) is 0 Å². The lowest BCUT2D eigenvalue weighted by Gasteiger charge is -2.37. The van der Waals surface area contributed by atoms with Gasteiger partial charge >= 0.3 is 0 Å². The van der Waals surface area contributed by atoms with Crippen LogP contribution in [0.5, 0.6) is 0 Å². The number of nitrogens with zero attached hydrogens (tertiary/aromatic N) is 4. The van der Waals surface area contributed by atoms with Gasteiger partial charge in [0.15, 0.2) is 5.96 Å². The van der Waals surface area contributed by atoms with E-state index in [2.05, 4.69) is 58.2 Å². The predicted molar refractivity (Wildman–Crippen MR) is 130 cm³/mol. The number of halogens is 1. The molecule has 0 saturated carbocycles. The van der Waals surface area contributed by atoms with Crippen molar-refractivity contribution < 1.29 is 4.79 Å². The van der Waals surface area contributed by atoms with Crippen molar-refractivity contribution in [3.8, 4) is 0 Å². The third kappa shape index (κ3) is 6.84. The summed E-state index contributed by atoms with van der Waals surface area (Å²) in [4.78, 5) is 23.4. The molecule has 7 heteroatoms. The molecule has 0 radical (unpaired) electrons. The van der Waals surface area contributed by atoms with Crippen molar-refractivity contribution in [3.05, 3.63) is 35.4 Å². The van der Waals surface area contributed by atoms with E-state index in [4.69, 9.17) is 0 Å². The number of hydrogen-bond donors (Lipinski definition) is 1. The molecule has 1 N–H and O–H groups in total. The van der Waals surface area contributed by atoms with Gasteiger partial charge in [0.05, 0.1) is 6.54 Å². The Balaban J connectivity index is 0.00000300. The second-order valence-electron chi connectivity index (χ2n) is 8.09. The summed E-state index contributed by atoms with van der Waals surface area (Å²) in [6, 6.07) is 8.76. The SMILES string of the molecule is CN=C(NCC(C)c1ccc(C)cc1)N1CCN(CC(=O)N2CCCC2)CC1.I. The van der Waals surface area contributed by atoms with Gasteiger partial charge in [-0.15, -0.1) is 24.0 Å². The molecule has 2 aliphatic heterocycles. The summed E-state index contributed by atoms with van der Waals surface area (Å²) in [5.74, 6) is 1.68. The molecular weight excluding hydrogens is 477 g/mol. The number of piperazine rings is 1. The minimum absolute atomic E-state index is 0. The van der Waals surface area contributed by atoms with Crippen molar-refractivity contribution in [3.63, 3.8) is 0 Å². The van der Waals surface area contributed by atoms with Crippen molar-refractivity contribution in [1.29, 1.82) is 0 Å². The Morgan fingerprint density at radius 3 is 2.24 bits per heavy atom. The van der Waals surface area contributed by atoms with Crippen LogP contribution in [-0.2, 0) is 4.79 Å². The summed E-state index contributed by atoms with van der Waals surface area (Å²) in [5, 5.41) is 3.53. The average molecular weight is 513 g/mol. The van der Waals surface area contributed by atoms with Gasteiger partial charge in [0, 0.05) is 52.9 Å². The molecule has 0 aliphatic carbocycles. The fourth-order valence-corrected chi connectivity index (χ4v) is 3.97. The molecule has 1 aromatic carbocycles. The lowest BCUT2D eigenvalue weighted by atomic mass is 10.0. The van der Waals surface area contributed by atoms with Gasteiger partial charge in [-0.25, -0.2) is 0 Å². The number of carbonyl (C=O) groups excluding carboxylic acids is 1. The molecule has 0 aromatic heterocycles. The van der Waals surface area contributed by atoms with Crippen LogP contribution in [0.1, 0.15) is 36.8 Å². The van der Waals surface area contributed by atoms with Gasteiger partial charge in [0.2, 0.25) is 5.91 Å². The van der Waals surface area contributed by atoms with Crippen LogP contribution in [0.4, 0.5) is 0 Å². The van der Waals surface area contributed by atoms with E-state index in [-0.39, 0.29) is 24.0 Å². The summed E-state index contributed by atoms with van der Waals surface area (Å²) in [5.41, 5.74) is 2.64. The van der Waals surface area contributed by atoms with Crippen LogP contribution in [0.15, 0.2) is 29.3 Å². The largest absolute Gasteiger partial charge is 0.356 e. The first-order valence-electron chi connectivity index (χ1n) is 10.6. The maximum atomic E-state index is 12.4. The Labute approximate surface area is 192 Å². The van der Waals surface area contributed by atoms with Gasteiger partial charge in [0.25, 0.3) is 0 Å². The highest BCUT2D eigenvalue weighted by Gasteiger charge is 2.24. The summed E-state index contributed by atoms with van der Waals surface area (Å²) >= 11 is 0. The van der Waals surface area contributed by atoms with E-state index in [9.17, 15) is 4.79 Å². The summed E-state index contributed by atoms with van der Waals surface area (Å²) in [6.07, 6.45) is 2.31. The van der Waals surface area contributed by atoms with Crippen LogP contribution in [0.3, 0.4) is 0 Å². The number of likely N-dealkylation sites (tertiary alicyclic amines) is 1. The Kier molecular flexibility index (Phi) is 9.68. The highest BCUT2D eigenvalue weighted by molar-refractivity contribution is 14.0. The number of carbonyl (C=O) groups is 1. The van der Waals surface area contributed by atoms with Crippen LogP contribution < -0.4 is 5.32 Å². The minimum Gasteiger partial charge on any atom is -0.356 e. The van der Waals surface area contributed by atoms with Crippen molar-refractivity contribution >= 4 is 35.8 Å². The van der Waals surface area contributed by atoms with Gasteiger partial charge in [-0.05, 0) is 31.2 Å². The van der Waals surface area contributed by atoms with Gasteiger partial charge in [-0.3, -0.25) is 14.7 Å². The average Bonchev–Trinajstić information content (AvgIpc) is 3.25. The number of guanidine groups is 1. The number of rotatable bonds is 5. The second kappa shape index (κ2) is 11.7. The summed E-state index contributed by atoms with van der Waals surface area (Å²) < 4.78 is 0. The molecule has 0 bridgehead atoms. The van der Waals surface area contributed by atoms with Gasteiger partial charge in [-0.1, -0.05) is 36.8 Å². The monoisotopic (exact) mass is 513 g/mol. The van der Waals surface area contributed by atoms with Crippen LogP contribution in [0.2, 0.25) is 0 Å². The molecule has 1 unspecified atom stereocenters. The van der Waals surface area contributed by atoms with Crippen LogP contribution in [-0.4, -0.2) is 86.0 Å². The molecule has 1 amide bonds. The highest BCUT2D eigenvalue weighted by atomic mass is 127. The molecule has 162 valence electrons. The van der Waals surface area contributed by atoms with E-state index < -0.39 is 0 Å². The van der Waals surface area contributed by atoms with Crippen molar-refractivity contribution in [1.82, 2.24) is 20.0 Å². The molecule has 2 aliphatic rings. The molecule has 1 atom stereocenters. The van der Waals surface area contributed by atoms with Crippen molar-refractivity contribution in [2.75, 3.05) is 59.4 Å². The fourth-order valence-electron chi connectivity index (χ4n) is 3.97. The number of hydrogen-bond acceptors (Lipinski definition) is 3. The first-order chi connectivity index (χ1) is 13.6. The minimum atomic E-state index is 0. The third-order valence-electron chi connectivity index (χ3n) is 5.91. The Morgan fingerprint density at radius 1 is 1.03 bits per heavy atom. The number of aliphatic imine (C=N–C) groups is 1. The highest BCUT2D eigenvalue weighted by Crippen LogP contribution is 2.15. The van der Waals surface area contributed by atoms with Crippen LogP contribution in [0, 0.1) is 6.92 Å². The molecule has 3 rings (SSSR count). The van der Waals surface area contributed by atoms with E-state index in [1.807, 2.05) is 11.9 Å². The molecule has 2 saturated heterocycles. The molecule has 2 heterocycles. The third-order valence-corrected chi connectivity index (χ3v) is 5.91. The van der Waals surface area contributed by atoms with E-state index in [1.54, 1.807) is 0 Å². The smallest absolute Gasteiger partial charge is 0.236 e. The lowest BCUT2D eigenvalue weighted by molar-refractivity contribution is -0.131. The van der Waals surface area contributed by atoms with Crippen LogP contribution >= 0.6 is 24.0 Å². The maximum absolute atomic E-state index is 12.4. The zero-order valence-corrected chi connectivity index (χ0v) is 20.4. The van der Waals surface area contributed by atoms with Crippen molar-refractivity contribution in [2.45, 2.75) is 32.6 Å². The number of nitrogens with one attached hydrogen (secondary N) is 1. The molecule has 6 nitrogen and oxygen atoms in total. The molecule has 2 fully saturated rings. The zero-order chi connectivity index (χ0) is 19.9. The Hall–Kier alpha value is -1.35.